The highest BCUT2D eigenvalue weighted by Gasteiger charge is 2.26. The van der Waals surface area contributed by atoms with Gasteiger partial charge in [-0.05, 0) is 5.92 Å². The first kappa shape index (κ1) is 23.7. The molecule has 1 fully saturated rings. The zero-order chi connectivity index (χ0) is 22.1. The molecule has 0 spiro atoms. The number of benzene rings is 1. The highest BCUT2D eigenvalue weighted by Crippen LogP contribution is 2.33. The van der Waals surface area contributed by atoms with E-state index in [1.54, 1.807) is 0 Å². The van der Waals surface area contributed by atoms with Gasteiger partial charge < -0.3 is 19.3 Å². The van der Waals surface area contributed by atoms with Crippen molar-refractivity contribution in [3.8, 4) is 23.6 Å². The van der Waals surface area contributed by atoms with E-state index in [0.717, 1.165) is 53.8 Å². The van der Waals surface area contributed by atoms with E-state index in [1.165, 1.54) is 0 Å². The van der Waals surface area contributed by atoms with Gasteiger partial charge in [0.25, 0.3) is 0 Å². The van der Waals surface area contributed by atoms with Crippen LogP contribution in [0, 0.1) is 18.3 Å². The molecule has 0 unspecified atom stereocenters. The Bertz CT molecular complexity index is 828. The number of hydrogen-bond acceptors (Lipinski definition) is 7. The van der Waals surface area contributed by atoms with E-state index in [1.807, 2.05) is 30.0 Å². The molecule has 0 aliphatic carbocycles. The molecule has 0 radical (unpaired) electrons. The maximum absolute atomic E-state index is 10.5. The van der Waals surface area contributed by atoms with Crippen LogP contribution < -0.4 is 4.90 Å². The number of aliphatic hydroxyl groups excluding tert-OH is 1. The van der Waals surface area contributed by atoms with Crippen LogP contribution in [-0.2, 0) is 11.3 Å². The molecule has 0 amide bonds. The van der Waals surface area contributed by atoms with Gasteiger partial charge in [-0.1, -0.05) is 55.3 Å². The number of thioether (sulfide) groups is 1. The van der Waals surface area contributed by atoms with E-state index < -0.39 is 6.10 Å². The minimum Gasteiger partial charge on any atom is -0.389 e. The predicted molar refractivity (Wildman–Crippen MR) is 127 cm³/mol. The number of ether oxygens (including phenoxy) is 1. The van der Waals surface area contributed by atoms with Crippen molar-refractivity contribution in [2.45, 2.75) is 26.5 Å². The molecule has 2 aromatic rings. The Morgan fingerprint density at radius 1 is 1.26 bits per heavy atom. The molecule has 1 aromatic heterocycles. The topological polar surface area (TPSA) is 62.0 Å². The number of aliphatic hydroxyl groups is 1. The molecule has 1 aliphatic rings. The zero-order valence-corrected chi connectivity index (χ0v) is 19.3. The van der Waals surface area contributed by atoms with E-state index in [4.69, 9.17) is 15.7 Å². The summed E-state index contributed by atoms with van der Waals surface area (Å²) in [4.78, 5) is 4.56. The molecule has 7 heteroatoms. The summed E-state index contributed by atoms with van der Waals surface area (Å²) in [6.45, 7) is 8.70. The molecule has 2 heterocycles. The lowest BCUT2D eigenvalue weighted by Crippen LogP contribution is -2.38. The van der Waals surface area contributed by atoms with E-state index >= 15 is 0 Å². The lowest BCUT2D eigenvalue weighted by Gasteiger charge is -2.29. The largest absolute Gasteiger partial charge is 0.389 e. The Morgan fingerprint density at radius 3 is 2.68 bits per heavy atom. The minimum absolute atomic E-state index is 0.210. The van der Waals surface area contributed by atoms with Gasteiger partial charge >= 0.3 is 0 Å². The Morgan fingerprint density at radius 2 is 2.00 bits per heavy atom. The van der Waals surface area contributed by atoms with Crippen LogP contribution in [0.15, 0.2) is 34.9 Å². The number of rotatable bonds is 11. The van der Waals surface area contributed by atoms with Crippen molar-refractivity contribution in [3.05, 3.63) is 35.9 Å². The van der Waals surface area contributed by atoms with Crippen molar-refractivity contribution >= 4 is 17.6 Å². The summed E-state index contributed by atoms with van der Waals surface area (Å²) < 4.78 is 11.3. The fourth-order valence-corrected chi connectivity index (χ4v) is 4.73. The van der Waals surface area contributed by atoms with Gasteiger partial charge in [0.05, 0.1) is 18.3 Å². The first-order valence-corrected chi connectivity index (χ1v) is 12.0. The van der Waals surface area contributed by atoms with Gasteiger partial charge in [-0.2, -0.15) is 11.8 Å². The van der Waals surface area contributed by atoms with E-state index in [2.05, 4.69) is 46.9 Å². The number of nitrogens with zero attached hydrogens (tertiary/aromatic N) is 3. The lowest BCUT2D eigenvalue weighted by molar-refractivity contribution is 0.0238. The fourth-order valence-electron chi connectivity index (χ4n) is 3.83. The first-order chi connectivity index (χ1) is 15.1. The minimum atomic E-state index is -0.609. The van der Waals surface area contributed by atoms with Crippen molar-refractivity contribution < 1.29 is 14.4 Å². The summed E-state index contributed by atoms with van der Waals surface area (Å²) in [7, 11) is 0. The van der Waals surface area contributed by atoms with E-state index in [9.17, 15) is 5.11 Å². The highest BCUT2D eigenvalue weighted by molar-refractivity contribution is 7.99. The van der Waals surface area contributed by atoms with Gasteiger partial charge in [0.2, 0.25) is 5.88 Å². The van der Waals surface area contributed by atoms with Crippen LogP contribution in [0.25, 0.3) is 11.3 Å². The Kier molecular flexibility index (Phi) is 9.29. The first-order valence-electron chi connectivity index (χ1n) is 10.9. The quantitative estimate of drug-likeness (QED) is 0.422. The summed E-state index contributed by atoms with van der Waals surface area (Å²) >= 11 is 1.97. The van der Waals surface area contributed by atoms with Crippen LogP contribution in [0.2, 0.25) is 0 Å². The van der Waals surface area contributed by atoms with Gasteiger partial charge in [-0.3, -0.25) is 4.90 Å². The molecular weight excluding hydrogens is 410 g/mol. The Balaban J connectivity index is 1.85. The third-order valence-electron chi connectivity index (χ3n) is 5.08. The number of hydrogen-bond donors (Lipinski definition) is 1. The van der Waals surface area contributed by atoms with Crippen molar-refractivity contribution in [2.75, 3.05) is 55.8 Å². The van der Waals surface area contributed by atoms with Crippen LogP contribution in [0.5, 0.6) is 0 Å². The predicted octanol–water partition coefficient (Wildman–Crippen LogP) is 3.36. The monoisotopic (exact) mass is 443 g/mol. The van der Waals surface area contributed by atoms with E-state index in [0.29, 0.717) is 19.0 Å². The highest BCUT2D eigenvalue weighted by atomic mass is 32.2. The van der Waals surface area contributed by atoms with Crippen molar-refractivity contribution in [3.63, 3.8) is 0 Å². The van der Waals surface area contributed by atoms with Crippen LogP contribution in [0.1, 0.15) is 19.4 Å². The van der Waals surface area contributed by atoms with E-state index in [-0.39, 0.29) is 13.2 Å². The summed E-state index contributed by atoms with van der Waals surface area (Å²) in [5.74, 6) is 5.91. The van der Waals surface area contributed by atoms with Crippen molar-refractivity contribution in [1.29, 1.82) is 0 Å². The standard InChI is InChI=1S/C24H33N3O3S/c1-4-12-29-18-21(28)16-26(15-19(2)3)17-22-23(20-8-6-5-7-9-20)25-30-24(22)27-10-13-31-14-11-27/h1,5-9,19,21,28H,10-18H2,2-3H3/t21-/m1/s1. The maximum atomic E-state index is 10.5. The molecule has 3 rings (SSSR count). The smallest absolute Gasteiger partial charge is 0.232 e. The molecule has 1 N–H and O–H groups in total. The normalized spacial score (nSPS) is 15.4. The molecule has 1 aromatic carbocycles. The number of terminal acetylenes is 1. The summed E-state index contributed by atoms with van der Waals surface area (Å²) in [6.07, 6.45) is 4.63. The van der Waals surface area contributed by atoms with Crippen molar-refractivity contribution in [2.24, 2.45) is 5.92 Å². The number of aromatic nitrogens is 1. The maximum Gasteiger partial charge on any atom is 0.232 e. The molecule has 0 bridgehead atoms. The zero-order valence-electron chi connectivity index (χ0n) is 18.5. The summed E-state index contributed by atoms with van der Waals surface area (Å²) in [5, 5.41) is 15.0. The van der Waals surface area contributed by atoms with Gasteiger partial charge in [-0.25, -0.2) is 0 Å². The molecule has 1 saturated heterocycles. The van der Waals surface area contributed by atoms with Crippen LogP contribution in [-0.4, -0.2) is 72.2 Å². The van der Waals surface area contributed by atoms with Crippen LogP contribution >= 0.6 is 11.8 Å². The summed E-state index contributed by atoms with van der Waals surface area (Å²) in [6, 6.07) is 10.2. The van der Waals surface area contributed by atoms with Gasteiger partial charge in [0.1, 0.15) is 12.3 Å². The second kappa shape index (κ2) is 12.2. The third kappa shape index (κ3) is 7.01. The lowest BCUT2D eigenvalue weighted by atomic mass is 10.1. The van der Waals surface area contributed by atoms with Crippen molar-refractivity contribution in [1.82, 2.24) is 10.1 Å². The molecule has 6 nitrogen and oxygen atoms in total. The average Bonchev–Trinajstić information content (AvgIpc) is 3.18. The molecule has 31 heavy (non-hydrogen) atoms. The summed E-state index contributed by atoms with van der Waals surface area (Å²) in [5.41, 5.74) is 3.00. The Labute approximate surface area is 189 Å². The Hall–Kier alpha value is -1.98. The average molecular weight is 444 g/mol. The molecule has 0 saturated carbocycles. The SMILES string of the molecule is C#CCOC[C@H](O)CN(Cc1c(-c2ccccc2)noc1N1CCSCC1)CC(C)C. The van der Waals surface area contributed by atoms with Gasteiger partial charge in [0.15, 0.2) is 0 Å². The second-order valence-electron chi connectivity index (χ2n) is 8.24. The van der Waals surface area contributed by atoms with Gasteiger partial charge in [0, 0.05) is 49.8 Å². The fraction of sp³-hybridized carbons (Fsp3) is 0.542. The van der Waals surface area contributed by atoms with Gasteiger partial charge in [-0.15, -0.1) is 6.42 Å². The number of anilines is 1. The van der Waals surface area contributed by atoms with Crippen LogP contribution in [0.4, 0.5) is 5.88 Å². The molecule has 1 aliphatic heterocycles. The third-order valence-corrected chi connectivity index (χ3v) is 6.03. The molecule has 168 valence electrons. The molecular formula is C24H33N3O3S. The molecule has 1 atom stereocenters. The van der Waals surface area contributed by atoms with Crippen LogP contribution in [0.3, 0.4) is 0 Å². The second-order valence-corrected chi connectivity index (χ2v) is 9.47.